The van der Waals surface area contributed by atoms with Gasteiger partial charge in [0, 0.05) is 36.8 Å². The number of H-pyrrole nitrogens is 1. The summed E-state index contributed by atoms with van der Waals surface area (Å²) in [7, 11) is -3.61. The Balaban J connectivity index is 1.40. The topological polar surface area (TPSA) is 78.0 Å². The first-order valence-electron chi connectivity index (χ1n) is 10.8. The number of nitrogens with one attached hydrogen (secondary N) is 1. The van der Waals surface area contributed by atoms with E-state index in [0.717, 1.165) is 61.0 Å². The molecule has 7 nitrogen and oxygen atoms in total. The number of aromatic amines is 1. The summed E-state index contributed by atoms with van der Waals surface area (Å²) in [4.78, 5) is 10.7. The Kier molecular flexibility index (Phi) is 6.31. The minimum atomic E-state index is -3.61. The highest BCUT2D eigenvalue weighted by Crippen LogP contribution is 2.34. The van der Waals surface area contributed by atoms with Crippen LogP contribution in [0.5, 0.6) is 0 Å². The molecule has 0 saturated carbocycles. The Bertz CT molecular complexity index is 1210. The molecule has 0 bridgehead atoms. The first-order valence-corrected chi connectivity index (χ1v) is 14.0. The van der Waals surface area contributed by atoms with Gasteiger partial charge < -0.3 is 9.72 Å². The second-order valence-corrected chi connectivity index (χ2v) is 12.2. The van der Waals surface area contributed by atoms with Crippen molar-refractivity contribution < 1.29 is 13.2 Å². The highest BCUT2D eigenvalue weighted by atomic mass is 32.2. The zero-order valence-corrected chi connectivity index (χ0v) is 20.3. The highest BCUT2D eigenvalue weighted by molar-refractivity contribution is 8.15. The molecule has 3 aromatic rings. The summed E-state index contributed by atoms with van der Waals surface area (Å²) in [5.41, 5.74) is 2.44. The van der Waals surface area contributed by atoms with Crippen LogP contribution in [-0.2, 0) is 14.8 Å². The number of hydrogen-bond acceptors (Lipinski definition) is 7. The maximum absolute atomic E-state index is 13.2. The fraction of sp³-hybridized carbons (Fsp3) is 0.409. The monoisotopic (exact) mass is 490 g/mol. The number of thiophene rings is 1. The molecule has 1 unspecified atom stereocenters. The number of hydrogen-bond donors (Lipinski definition) is 1. The smallest absolute Gasteiger partial charge is 0.273 e. The van der Waals surface area contributed by atoms with Crippen molar-refractivity contribution in [3.05, 3.63) is 47.5 Å². The molecular formula is C22H26N4O3S3. The number of aromatic nitrogens is 1. The van der Waals surface area contributed by atoms with Crippen LogP contribution in [0.15, 0.2) is 51.0 Å². The van der Waals surface area contributed by atoms with Crippen molar-refractivity contribution in [2.75, 3.05) is 50.2 Å². The number of sulfonamides is 1. The zero-order valence-electron chi connectivity index (χ0n) is 17.9. The molecule has 0 amide bonds. The van der Waals surface area contributed by atoms with E-state index in [4.69, 9.17) is 9.73 Å². The Hall–Kier alpha value is -1.85. The van der Waals surface area contributed by atoms with Crippen LogP contribution in [0.25, 0.3) is 10.9 Å². The maximum Gasteiger partial charge on any atom is 0.273 e. The van der Waals surface area contributed by atoms with Crippen molar-refractivity contribution >= 4 is 54.8 Å². The minimum Gasteiger partial charge on any atom is -0.379 e. The van der Waals surface area contributed by atoms with Crippen molar-refractivity contribution in [1.82, 2.24) is 9.88 Å². The van der Waals surface area contributed by atoms with Crippen LogP contribution in [0, 0.1) is 0 Å². The molecule has 2 aliphatic rings. The van der Waals surface area contributed by atoms with Crippen molar-refractivity contribution in [3.8, 4) is 0 Å². The average molecular weight is 491 g/mol. The third-order valence-electron chi connectivity index (χ3n) is 5.74. The lowest BCUT2D eigenvalue weighted by molar-refractivity contribution is 0.0385. The number of benzene rings is 1. The molecule has 1 fully saturated rings. The van der Waals surface area contributed by atoms with Gasteiger partial charge in [-0.1, -0.05) is 30.0 Å². The van der Waals surface area contributed by atoms with Gasteiger partial charge >= 0.3 is 0 Å². The van der Waals surface area contributed by atoms with Gasteiger partial charge in [0.05, 0.1) is 36.7 Å². The molecule has 4 heterocycles. The van der Waals surface area contributed by atoms with Crippen LogP contribution in [0.1, 0.15) is 12.6 Å². The molecule has 1 atom stereocenters. The summed E-state index contributed by atoms with van der Waals surface area (Å²) < 4.78 is 33.8. The van der Waals surface area contributed by atoms with Gasteiger partial charge in [-0.25, -0.2) is 8.42 Å². The quantitative estimate of drug-likeness (QED) is 0.547. The first-order chi connectivity index (χ1) is 15.6. The fourth-order valence-corrected chi connectivity index (χ4v) is 7.91. The van der Waals surface area contributed by atoms with Crippen molar-refractivity contribution in [3.63, 3.8) is 0 Å². The number of nitrogens with zero attached hydrogens (tertiary/aromatic N) is 3. The number of fused-ring (bicyclic) bond motifs is 1. The number of ether oxygens (including phenoxy) is 1. The third kappa shape index (κ3) is 4.22. The molecule has 5 rings (SSSR count). The summed E-state index contributed by atoms with van der Waals surface area (Å²) >= 11 is 3.04. The van der Waals surface area contributed by atoms with Gasteiger partial charge in [0.1, 0.15) is 9.25 Å². The van der Waals surface area contributed by atoms with Crippen LogP contribution < -0.4 is 4.31 Å². The van der Waals surface area contributed by atoms with Gasteiger partial charge in [0.2, 0.25) is 0 Å². The zero-order chi connectivity index (χ0) is 22.1. The molecule has 1 N–H and O–H groups in total. The van der Waals surface area contributed by atoms with Gasteiger partial charge in [0.25, 0.3) is 10.0 Å². The Morgan fingerprint density at radius 3 is 2.84 bits per heavy atom. The van der Waals surface area contributed by atoms with Crippen molar-refractivity contribution in [2.24, 2.45) is 4.99 Å². The second kappa shape index (κ2) is 9.18. The third-order valence-corrected chi connectivity index (χ3v) is 10.2. The normalized spacial score (nSPS) is 20.0. The molecule has 0 radical (unpaired) electrons. The van der Waals surface area contributed by atoms with E-state index in [1.807, 2.05) is 25.1 Å². The van der Waals surface area contributed by atoms with E-state index in [2.05, 4.69) is 16.0 Å². The van der Waals surface area contributed by atoms with Crippen LogP contribution >= 0.6 is 23.1 Å². The number of para-hydroxylation sites is 1. The number of morpholine rings is 1. The molecule has 170 valence electrons. The lowest BCUT2D eigenvalue weighted by Crippen LogP contribution is -2.40. The van der Waals surface area contributed by atoms with E-state index in [1.54, 1.807) is 29.3 Å². The number of anilines is 1. The predicted molar refractivity (Wildman–Crippen MR) is 133 cm³/mol. The summed E-state index contributed by atoms with van der Waals surface area (Å²) in [5, 5.41) is 4.20. The van der Waals surface area contributed by atoms with Gasteiger partial charge in [-0.2, -0.15) is 0 Å². The minimum absolute atomic E-state index is 0.352. The summed E-state index contributed by atoms with van der Waals surface area (Å²) in [5.74, 6) is 0. The van der Waals surface area contributed by atoms with Crippen molar-refractivity contribution in [2.45, 2.75) is 16.4 Å². The first kappa shape index (κ1) is 22.0. The second-order valence-electron chi connectivity index (χ2n) is 7.82. The number of thioether (sulfide) groups is 1. The van der Waals surface area contributed by atoms with E-state index in [9.17, 15) is 8.42 Å². The van der Waals surface area contributed by atoms with Gasteiger partial charge in [-0.3, -0.25) is 14.2 Å². The fourth-order valence-electron chi connectivity index (χ4n) is 4.18. The molecule has 1 saturated heterocycles. The van der Waals surface area contributed by atoms with Crippen LogP contribution in [0.3, 0.4) is 0 Å². The van der Waals surface area contributed by atoms with Gasteiger partial charge in [0.15, 0.2) is 0 Å². The molecule has 0 spiro atoms. The summed E-state index contributed by atoms with van der Waals surface area (Å²) in [6, 6.07) is 11.3. The Labute approximate surface area is 196 Å². The largest absolute Gasteiger partial charge is 0.379 e. The van der Waals surface area contributed by atoms with E-state index in [-0.39, 0.29) is 0 Å². The highest BCUT2D eigenvalue weighted by Gasteiger charge is 2.28. The molecule has 1 aromatic carbocycles. The number of aliphatic imine (C=N–C) groups is 1. The SMILES string of the molecule is CCN(c1cccc2cc(C3=NCC(CN4CCOCC4)S3)[nH]c12)S(=O)(=O)c1cccs1. The molecule has 0 aliphatic carbocycles. The van der Waals surface area contributed by atoms with Crippen LogP contribution in [-0.4, -0.2) is 74.5 Å². The Morgan fingerprint density at radius 2 is 2.09 bits per heavy atom. The standard InChI is InChI=1S/C22H26N4O3S3/c1-2-26(32(27,28)20-7-4-12-30-20)19-6-3-5-16-13-18(24-21(16)19)22-23-14-17(31-22)15-25-8-10-29-11-9-25/h3-7,12-13,17,24H,2,8-11,14-15H2,1H3. The predicted octanol–water partition coefficient (Wildman–Crippen LogP) is 3.64. The van der Waals surface area contributed by atoms with Crippen LogP contribution in [0.4, 0.5) is 5.69 Å². The van der Waals surface area contributed by atoms with E-state index < -0.39 is 10.0 Å². The Morgan fingerprint density at radius 1 is 1.25 bits per heavy atom. The average Bonchev–Trinajstić information content (AvgIpc) is 3.55. The maximum atomic E-state index is 13.2. The van der Waals surface area contributed by atoms with Crippen molar-refractivity contribution in [1.29, 1.82) is 0 Å². The van der Waals surface area contributed by atoms with E-state index >= 15 is 0 Å². The molecular weight excluding hydrogens is 464 g/mol. The number of rotatable bonds is 7. The lowest BCUT2D eigenvalue weighted by Gasteiger charge is -2.28. The van der Waals surface area contributed by atoms with E-state index in [1.165, 1.54) is 15.6 Å². The summed E-state index contributed by atoms with van der Waals surface area (Å²) in [6.07, 6.45) is 0. The van der Waals surface area contributed by atoms with E-state index in [0.29, 0.717) is 21.7 Å². The van der Waals surface area contributed by atoms with Gasteiger partial charge in [-0.05, 0) is 30.5 Å². The summed E-state index contributed by atoms with van der Waals surface area (Å²) in [6.45, 7) is 7.59. The molecule has 32 heavy (non-hydrogen) atoms. The molecule has 2 aliphatic heterocycles. The van der Waals surface area contributed by atoms with Gasteiger partial charge in [-0.15, -0.1) is 11.3 Å². The molecule has 2 aromatic heterocycles. The van der Waals surface area contributed by atoms with Crippen LogP contribution in [0.2, 0.25) is 0 Å². The lowest BCUT2D eigenvalue weighted by atomic mass is 10.2. The molecule has 10 heteroatoms.